The molecule has 1 saturated heterocycles. The molecule has 0 bridgehead atoms. The molecule has 2 fully saturated rings. The SMILES string of the molecule is C[C@H]1CCCC[C@@H]1NC(=O)c1ccc(S(=O)(=O)N2CCCC[C@@H]2C)cc1. The van der Waals surface area contributed by atoms with Gasteiger partial charge in [0.1, 0.15) is 0 Å². The van der Waals surface area contributed by atoms with Gasteiger partial charge in [-0.05, 0) is 62.8 Å². The van der Waals surface area contributed by atoms with Crippen molar-refractivity contribution in [3.05, 3.63) is 29.8 Å². The quantitative estimate of drug-likeness (QED) is 0.871. The number of rotatable bonds is 4. The first kappa shape index (κ1) is 19.4. The lowest BCUT2D eigenvalue weighted by Gasteiger charge is -2.32. The molecule has 1 aliphatic heterocycles. The van der Waals surface area contributed by atoms with Gasteiger partial charge < -0.3 is 5.32 Å². The van der Waals surface area contributed by atoms with E-state index in [2.05, 4.69) is 12.2 Å². The third-order valence-electron chi connectivity index (χ3n) is 5.89. The molecule has 6 heteroatoms. The van der Waals surface area contributed by atoms with Crippen molar-refractivity contribution in [2.75, 3.05) is 6.54 Å². The number of nitrogens with zero attached hydrogens (tertiary/aromatic N) is 1. The van der Waals surface area contributed by atoms with Crippen molar-refractivity contribution in [1.82, 2.24) is 9.62 Å². The van der Waals surface area contributed by atoms with E-state index in [1.807, 2.05) is 6.92 Å². The van der Waals surface area contributed by atoms with Gasteiger partial charge in [0.2, 0.25) is 10.0 Å². The molecule has 3 rings (SSSR count). The van der Waals surface area contributed by atoms with Gasteiger partial charge in [-0.2, -0.15) is 4.31 Å². The molecule has 1 saturated carbocycles. The molecule has 5 nitrogen and oxygen atoms in total. The first-order chi connectivity index (χ1) is 12.4. The summed E-state index contributed by atoms with van der Waals surface area (Å²) in [5, 5.41) is 3.11. The summed E-state index contributed by atoms with van der Waals surface area (Å²) in [7, 11) is -3.49. The second kappa shape index (κ2) is 8.09. The fraction of sp³-hybridized carbons (Fsp3) is 0.650. The third kappa shape index (κ3) is 4.12. The van der Waals surface area contributed by atoms with Crippen molar-refractivity contribution in [2.45, 2.75) is 75.8 Å². The van der Waals surface area contributed by atoms with Gasteiger partial charge in [0.25, 0.3) is 5.91 Å². The average Bonchev–Trinajstić information content (AvgIpc) is 2.64. The van der Waals surface area contributed by atoms with E-state index in [1.54, 1.807) is 28.6 Å². The molecule has 1 aromatic rings. The predicted octanol–water partition coefficient (Wildman–Crippen LogP) is 3.56. The Labute approximate surface area is 157 Å². The normalized spacial score (nSPS) is 27.8. The summed E-state index contributed by atoms with van der Waals surface area (Å²) < 4.78 is 27.3. The lowest BCUT2D eigenvalue weighted by molar-refractivity contribution is 0.0910. The summed E-state index contributed by atoms with van der Waals surface area (Å²) >= 11 is 0. The van der Waals surface area contributed by atoms with Crippen LogP contribution in [-0.4, -0.2) is 37.3 Å². The summed E-state index contributed by atoms with van der Waals surface area (Å²) in [6, 6.07) is 6.64. The zero-order valence-corrected chi connectivity index (χ0v) is 16.6. The van der Waals surface area contributed by atoms with E-state index in [9.17, 15) is 13.2 Å². The fourth-order valence-electron chi connectivity index (χ4n) is 4.12. The number of nitrogens with one attached hydrogen (secondary N) is 1. The van der Waals surface area contributed by atoms with Crippen LogP contribution in [0.3, 0.4) is 0 Å². The highest BCUT2D eigenvalue weighted by molar-refractivity contribution is 7.89. The number of benzene rings is 1. The number of sulfonamides is 1. The van der Waals surface area contributed by atoms with E-state index in [4.69, 9.17) is 0 Å². The van der Waals surface area contributed by atoms with Gasteiger partial charge in [-0.3, -0.25) is 4.79 Å². The van der Waals surface area contributed by atoms with Gasteiger partial charge in [0.15, 0.2) is 0 Å². The van der Waals surface area contributed by atoms with Crippen LogP contribution in [-0.2, 0) is 10.0 Å². The first-order valence-electron chi connectivity index (χ1n) is 9.82. The minimum atomic E-state index is -3.49. The topological polar surface area (TPSA) is 66.5 Å². The summed E-state index contributed by atoms with van der Waals surface area (Å²) in [5.41, 5.74) is 0.522. The molecule has 0 spiro atoms. The Kier molecular flexibility index (Phi) is 6.03. The number of hydrogen-bond donors (Lipinski definition) is 1. The summed E-state index contributed by atoms with van der Waals surface area (Å²) in [6.07, 6.45) is 7.44. The van der Waals surface area contributed by atoms with Gasteiger partial charge >= 0.3 is 0 Å². The first-order valence-corrected chi connectivity index (χ1v) is 11.3. The van der Waals surface area contributed by atoms with Crippen LogP contribution in [0.15, 0.2) is 29.2 Å². The third-order valence-corrected chi connectivity index (χ3v) is 7.92. The molecule has 0 radical (unpaired) electrons. The van der Waals surface area contributed by atoms with Gasteiger partial charge in [0, 0.05) is 24.2 Å². The highest BCUT2D eigenvalue weighted by Gasteiger charge is 2.31. The zero-order chi connectivity index (χ0) is 18.7. The molecule has 144 valence electrons. The van der Waals surface area contributed by atoms with Gasteiger partial charge in [0.05, 0.1) is 4.90 Å². The van der Waals surface area contributed by atoms with Gasteiger partial charge in [-0.1, -0.05) is 26.2 Å². The molecular formula is C20H30N2O3S. The number of hydrogen-bond acceptors (Lipinski definition) is 3. The number of amides is 1. The van der Waals surface area contributed by atoms with Crippen molar-refractivity contribution in [3.8, 4) is 0 Å². The van der Waals surface area contributed by atoms with E-state index in [0.717, 1.165) is 38.5 Å². The summed E-state index contributed by atoms with van der Waals surface area (Å²) in [4.78, 5) is 12.8. The van der Waals surface area contributed by atoms with Crippen molar-refractivity contribution in [3.63, 3.8) is 0 Å². The number of carbonyl (C=O) groups is 1. The lowest BCUT2D eigenvalue weighted by Crippen LogP contribution is -2.42. The van der Waals surface area contributed by atoms with E-state index >= 15 is 0 Å². The van der Waals surface area contributed by atoms with Crippen LogP contribution >= 0.6 is 0 Å². The fourth-order valence-corrected chi connectivity index (χ4v) is 5.82. The maximum Gasteiger partial charge on any atom is 0.251 e. The maximum atomic E-state index is 12.9. The molecule has 1 aromatic carbocycles. The second-order valence-corrected chi connectivity index (χ2v) is 9.72. The molecule has 2 aliphatic rings. The Bertz CT molecular complexity index is 730. The zero-order valence-electron chi connectivity index (χ0n) is 15.8. The highest BCUT2D eigenvalue weighted by Crippen LogP contribution is 2.26. The van der Waals surface area contributed by atoms with Gasteiger partial charge in [-0.15, -0.1) is 0 Å². The van der Waals surface area contributed by atoms with Crippen LogP contribution < -0.4 is 5.32 Å². The summed E-state index contributed by atoms with van der Waals surface area (Å²) in [6.45, 7) is 4.72. The molecule has 3 atom stereocenters. The monoisotopic (exact) mass is 378 g/mol. The van der Waals surface area contributed by atoms with Crippen LogP contribution in [0.2, 0.25) is 0 Å². The molecule has 0 aromatic heterocycles. The van der Waals surface area contributed by atoms with E-state index in [0.29, 0.717) is 18.0 Å². The Morgan fingerprint density at radius 2 is 1.65 bits per heavy atom. The number of piperidine rings is 1. The Morgan fingerprint density at radius 3 is 2.31 bits per heavy atom. The number of carbonyl (C=O) groups excluding carboxylic acids is 1. The predicted molar refractivity (Wildman–Crippen MR) is 103 cm³/mol. The lowest BCUT2D eigenvalue weighted by atomic mass is 9.86. The molecule has 1 aliphatic carbocycles. The Hall–Kier alpha value is -1.40. The Morgan fingerprint density at radius 1 is 1.00 bits per heavy atom. The van der Waals surface area contributed by atoms with E-state index < -0.39 is 10.0 Å². The van der Waals surface area contributed by atoms with Crippen LogP contribution in [0.1, 0.15) is 69.2 Å². The average molecular weight is 379 g/mol. The summed E-state index contributed by atoms with van der Waals surface area (Å²) in [5.74, 6) is 0.381. The van der Waals surface area contributed by atoms with Crippen LogP contribution in [0, 0.1) is 5.92 Å². The van der Waals surface area contributed by atoms with Crippen molar-refractivity contribution >= 4 is 15.9 Å². The van der Waals surface area contributed by atoms with Crippen LogP contribution in [0.25, 0.3) is 0 Å². The molecular weight excluding hydrogens is 348 g/mol. The van der Waals surface area contributed by atoms with Crippen molar-refractivity contribution < 1.29 is 13.2 Å². The molecule has 1 amide bonds. The smallest absolute Gasteiger partial charge is 0.251 e. The van der Waals surface area contributed by atoms with Crippen molar-refractivity contribution in [1.29, 1.82) is 0 Å². The van der Waals surface area contributed by atoms with Crippen molar-refractivity contribution in [2.24, 2.45) is 5.92 Å². The van der Waals surface area contributed by atoms with Crippen LogP contribution in [0.4, 0.5) is 0 Å². The largest absolute Gasteiger partial charge is 0.349 e. The minimum Gasteiger partial charge on any atom is -0.349 e. The second-order valence-electron chi connectivity index (χ2n) is 7.83. The molecule has 1 heterocycles. The standard InChI is InChI=1S/C20H30N2O3S/c1-15-7-3-4-9-19(15)21-20(23)17-10-12-18(13-11-17)26(24,25)22-14-6-5-8-16(22)2/h10-13,15-16,19H,3-9,14H2,1-2H3,(H,21,23)/t15-,16-,19-/m0/s1. The van der Waals surface area contributed by atoms with E-state index in [1.165, 1.54) is 6.42 Å². The molecule has 1 N–H and O–H groups in total. The van der Waals surface area contributed by atoms with Crippen LogP contribution in [0.5, 0.6) is 0 Å². The Balaban J connectivity index is 1.70. The molecule has 26 heavy (non-hydrogen) atoms. The molecule has 0 unspecified atom stereocenters. The van der Waals surface area contributed by atoms with Gasteiger partial charge in [-0.25, -0.2) is 8.42 Å². The van der Waals surface area contributed by atoms with E-state index in [-0.39, 0.29) is 22.9 Å². The highest BCUT2D eigenvalue weighted by atomic mass is 32.2. The maximum absolute atomic E-state index is 12.9. The minimum absolute atomic E-state index is 0.0320.